The number of nitrogens with zero attached hydrogens (tertiary/aromatic N) is 6. The zero-order valence-electron chi connectivity index (χ0n) is 18.3. The number of hydrogen-bond donors (Lipinski definition) is 1. The molecule has 2 aromatic carbocycles. The number of nitrogens with two attached hydrogens (primary N) is 1. The number of aromatic nitrogens is 4. The first kappa shape index (κ1) is 22.2. The Kier molecular flexibility index (Phi) is 5.85. The van der Waals surface area contributed by atoms with Gasteiger partial charge in [0.05, 0.1) is 15.7 Å². The van der Waals surface area contributed by atoms with Crippen LogP contribution in [0.25, 0.3) is 22.5 Å². The van der Waals surface area contributed by atoms with Crippen LogP contribution in [-0.4, -0.2) is 38.9 Å². The Morgan fingerprint density at radius 3 is 2.47 bits per heavy atom. The Hall–Kier alpha value is -3.62. The highest BCUT2D eigenvalue weighted by molar-refractivity contribution is 6.42. The number of carbonyl (C=O) groups excluding carboxylic acids is 1. The number of hydrogen-bond acceptors (Lipinski definition) is 5. The lowest BCUT2D eigenvalue weighted by Gasteiger charge is -2.19. The molecule has 1 saturated heterocycles. The summed E-state index contributed by atoms with van der Waals surface area (Å²) in [5.41, 5.74) is 10.5. The molecule has 0 atom stereocenters. The predicted octanol–water partition coefficient (Wildman–Crippen LogP) is 5.36. The molecular formula is C24H21Cl2N7O. The molecule has 1 fully saturated rings. The van der Waals surface area contributed by atoms with Gasteiger partial charge >= 0.3 is 6.03 Å². The molecular weight excluding hydrogens is 473 g/mol. The lowest BCUT2D eigenvalue weighted by molar-refractivity contribution is 0.256. The maximum Gasteiger partial charge on any atom is 0.329 e. The Bertz CT molecular complexity index is 1390. The highest BCUT2D eigenvalue weighted by Crippen LogP contribution is 2.34. The van der Waals surface area contributed by atoms with Crippen molar-refractivity contribution < 1.29 is 4.79 Å². The summed E-state index contributed by atoms with van der Waals surface area (Å²) in [5.74, 6) is 0.188. The minimum Gasteiger partial charge on any atom is -0.368 e. The van der Waals surface area contributed by atoms with Crippen molar-refractivity contribution in [1.29, 1.82) is 0 Å². The topological polar surface area (TPSA) is 93.2 Å². The summed E-state index contributed by atoms with van der Waals surface area (Å²) in [6.07, 6.45) is 3.59. The fraction of sp³-hybridized carbons (Fsp3) is 0.167. The molecule has 2 aromatic heterocycles. The van der Waals surface area contributed by atoms with Gasteiger partial charge in [0.25, 0.3) is 0 Å². The van der Waals surface area contributed by atoms with Gasteiger partial charge in [-0.15, -0.1) is 0 Å². The summed E-state index contributed by atoms with van der Waals surface area (Å²) in [6.45, 7) is 3.81. The van der Waals surface area contributed by atoms with Gasteiger partial charge in [-0.3, -0.25) is 14.5 Å². The first-order valence-electron chi connectivity index (χ1n) is 10.8. The lowest BCUT2D eigenvalue weighted by atomic mass is 10.0. The van der Waals surface area contributed by atoms with E-state index < -0.39 is 0 Å². The normalized spacial score (nSPS) is 13.7. The third-order valence-corrected chi connectivity index (χ3v) is 6.43. The summed E-state index contributed by atoms with van der Waals surface area (Å²) < 4.78 is 1.85. The number of halogens is 2. The summed E-state index contributed by atoms with van der Waals surface area (Å²) in [4.78, 5) is 25.0. The smallest absolute Gasteiger partial charge is 0.329 e. The van der Waals surface area contributed by atoms with Crippen LogP contribution >= 0.6 is 23.2 Å². The molecule has 34 heavy (non-hydrogen) atoms. The molecule has 0 bridgehead atoms. The van der Waals surface area contributed by atoms with Crippen molar-refractivity contribution in [3.05, 3.63) is 71.0 Å². The minimum absolute atomic E-state index is 0.122. The van der Waals surface area contributed by atoms with E-state index in [0.717, 1.165) is 16.8 Å². The van der Waals surface area contributed by atoms with Gasteiger partial charge < -0.3 is 5.73 Å². The molecule has 1 aliphatic rings. The fourth-order valence-corrected chi connectivity index (χ4v) is 4.29. The second-order valence-corrected chi connectivity index (χ2v) is 8.60. The number of amides is 2. The van der Waals surface area contributed by atoms with Crippen LogP contribution in [0.5, 0.6) is 0 Å². The van der Waals surface area contributed by atoms with Crippen molar-refractivity contribution in [3.8, 4) is 22.5 Å². The van der Waals surface area contributed by atoms with E-state index in [-0.39, 0.29) is 12.0 Å². The van der Waals surface area contributed by atoms with E-state index in [1.807, 2.05) is 42.1 Å². The first-order chi connectivity index (χ1) is 16.4. The van der Waals surface area contributed by atoms with Crippen molar-refractivity contribution in [3.63, 3.8) is 0 Å². The molecule has 8 nitrogen and oxygen atoms in total. The first-order valence-corrected chi connectivity index (χ1v) is 11.5. The van der Waals surface area contributed by atoms with Crippen LogP contribution in [0.4, 0.5) is 22.1 Å². The molecule has 0 unspecified atom stereocenters. The molecule has 0 aliphatic carbocycles. The second-order valence-electron chi connectivity index (χ2n) is 7.78. The number of benzene rings is 2. The van der Waals surface area contributed by atoms with Crippen molar-refractivity contribution in [2.75, 3.05) is 28.6 Å². The minimum atomic E-state index is -0.122. The summed E-state index contributed by atoms with van der Waals surface area (Å²) in [5, 5.41) is 5.55. The largest absolute Gasteiger partial charge is 0.368 e. The summed E-state index contributed by atoms with van der Waals surface area (Å²) >= 11 is 12.2. The van der Waals surface area contributed by atoms with E-state index in [1.165, 1.54) is 0 Å². The van der Waals surface area contributed by atoms with Gasteiger partial charge in [-0.1, -0.05) is 35.3 Å². The molecule has 2 amide bonds. The van der Waals surface area contributed by atoms with E-state index in [0.29, 0.717) is 46.8 Å². The summed E-state index contributed by atoms with van der Waals surface area (Å²) in [6, 6.07) is 14.7. The molecule has 0 radical (unpaired) electrons. The van der Waals surface area contributed by atoms with E-state index in [2.05, 4.69) is 15.1 Å². The number of urea groups is 1. The van der Waals surface area contributed by atoms with Crippen LogP contribution in [-0.2, 0) is 6.54 Å². The molecule has 3 heterocycles. The van der Waals surface area contributed by atoms with E-state index in [4.69, 9.17) is 28.9 Å². The van der Waals surface area contributed by atoms with E-state index in [1.54, 1.807) is 40.3 Å². The molecule has 0 spiro atoms. The highest BCUT2D eigenvalue weighted by Gasteiger charge is 2.31. The van der Waals surface area contributed by atoms with Crippen LogP contribution in [0, 0.1) is 0 Å². The SMILES string of the molecule is CCn1cc(-c2cccc(N3CCN(c4ccc(Cl)c(Cl)c4)C3=O)c2)c(-c2ccnc(N)n2)n1. The van der Waals surface area contributed by atoms with Crippen LogP contribution in [0.2, 0.25) is 10.0 Å². The molecule has 2 N–H and O–H groups in total. The third-order valence-electron chi connectivity index (χ3n) is 5.70. The third kappa shape index (κ3) is 4.06. The number of anilines is 3. The van der Waals surface area contributed by atoms with Gasteiger partial charge in [0.1, 0.15) is 5.69 Å². The Morgan fingerprint density at radius 2 is 1.76 bits per heavy atom. The fourth-order valence-electron chi connectivity index (χ4n) is 4.00. The number of nitrogen functional groups attached to an aromatic ring is 1. The van der Waals surface area contributed by atoms with Gasteiger partial charge in [-0.05, 0) is 48.9 Å². The monoisotopic (exact) mass is 493 g/mol. The Balaban J connectivity index is 1.49. The molecule has 1 aliphatic heterocycles. The van der Waals surface area contributed by atoms with Crippen molar-refractivity contribution in [1.82, 2.24) is 19.7 Å². The number of aryl methyl sites for hydroxylation is 1. The molecule has 4 aromatic rings. The highest BCUT2D eigenvalue weighted by atomic mass is 35.5. The quantitative estimate of drug-likeness (QED) is 0.403. The number of carbonyl (C=O) groups is 1. The average Bonchev–Trinajstić information content (AvgIpc) is 3.45. The predicted molar refractivity (Wildman–Crippen MR) is 135 cm³/mol. The van der Waals surface area contributed by atoms with Crippen molar-refractivity contribution in [2.24, 2.45) is 0 Å². The molecule has 172 valence electrons. The number of rotatable bonds is 5. The van der Waals surface area contributed by atoms with Gasteiger partial charge in [0, 0.05) is 49.0 Å². The summed E-state index contributed by atoms with van der Waals surface area (Å²) in [7, 11) is 0. The maximum absolute atomic E-state index is 13.3. The second kappa shape index (κ2) is 8.96. The zero-order chi connectivity index (χ0) is 23.8. The van der Waals surface area contributed by atoms with Crippen LogP contribution < -0.4 is 15.5 Å². The van der Waals surface area contributed by atoms with Crippen molar-refractivity contribution >= 4 is 46.6 Å². The van der Waals surface area contributed by atoms with Gasteiger partial charge in [-0.25, -0.2) is 14.8 Å². The maximum atomic E-state index is 13.3. The van der Waals surface area contributed by atoms with Crippen LogP contribution in [0.15, 0.2) is 60.9 Å². The molecule has 10 heteroatoms. The van der Waals surface area contributed by atoms with Gasteiger partial charge in [0.15, 0.2) is 0 Å². The average molecular weight is 494 g/mol. The van der Waals surface area contributed by atoms with Crippen molar-refractivity contribution in [2.45, 2.75) is 13.5 Å². The van der Waals surface area contributed by atoms with Crippen LogP contribution in [0.1, 0.15) is 6.92 Å². The van der Waals surface area contributed by atoms with Gasteiger partial charge in [-0.2, -0.15) is 5.10 Å². The molecule has 0 saturated carbocycles. The standard InChI is InChI=1S/C24H21Cl2N7O/c1-2-31-14-18(22(30-31)21-8-9-28-23(27)29-21)15-4-3-5-16(12-15)32-10-11-33(24(32)34)17-6-7-19(25)20(26)13-17/h3-9,12-14H,2,10-11H2,1H3,(H2,27,28,29). The van der Waals surface area contributed by atoms with Gasteiger partial charge in [0.2, 0.25) is 5.95 Å². The Morgan fingerprint density at radius 1 is 1.00 bits per heavy atom. The Labute approximate surface area is 206 Å². The van der Waals surface area contributed by atoms with E-state index in [9.17, 15) is 4.79 Å². The molecule has 5 rings (SSSR count). The van der Waals surface area contributed by atoms with E-state index >= 15 is 0 Å². The van der Waals surface area contributed by atoms with Crippen LogP contribution in [0.3, 0.4) is 0 Å². The lowest BCUT2D eigenvalue weighted by Crippen LogP contribution is -2.31. The zero-order valence-corrected chi connectivity index (χ0v) is 19.8.